The smallest absolute Gasteiger partial charge is 0.327 e. The van der Waals surface area contributed by atoms with Crippen molar-refractivity contribution in [3.05, 3.63) is 35.1 Å². The number of aryl methyl sites for hydroxylation is 1. The Kier molecular flexibility index (Phi) is 4.77. The number of halogens is 1. The van der Waals surface area contributed by atoms with Gasteiger partial charge in [-0.05, 0) is 24.3 Å². The van der Waals surface area contributed by atoms with Crippen molar-refractivity contribution in [3.63, 3.8) is 0 Å². The number of ether oxygens (including phenoxy) is 2. The molecule has 0 amide bonds. The van der Waals surface area contributed by atoms with Crippen molar-refractivity contribution in [3.8, 4) is 11.4 Å². The van der Waals surface area contributed by atoms with Crippen molar-refractivity contribution in [1.29, 1.82) is 0 Å². The Hall–Kier alpha value is -2.41. The molecule has 0 unspecified atom stereocenters. The van der Waals surface area contributed by atoms with E-state index >= 15 is 0 Å². The van der Waals surface area contributed by atoms with Gasteiger partial charge in [0.05, 0.1) is 14.2 Å². The molecule has 0 spiro atoms. The monoisotopic (exact) mass is 323 g/mol. The first-order valence-corrected chi connectivity index (χ1v) is 6.68. The summed E-state index contributed by atoms with van der Waals surface area (Å²) in [5.74, 6) is -2.29. The number of esters is 2. The second-order valence-corrected chi connectivity index (χ2v) is 4.84. The average molecular weight is 324 g/mol. The van der Waals surface area contributed by atoms with Gasteiger partial charge in [0, 0.05) is 17.6 Å². The highest BCUT2D eigenvalue weighted by molar-refractivity contribution is 6.30. The first-order chi connectivity index (χ1) is 10.5. The van der Waals surface area contributed by atoms with Crippen LogP contribution in [-0.2, 0) is 26.1 Å². The Balaban J connectivity index is 2.45. The molecule has 22 heavy (non-hydrogen) atoms. The second kappa shape index (κ2) is 6.57. The molecule has 1 aromatic heterocycles. The van der Waals surface area contributed by atoms with E-state index in [-0.39, 0.29) is 5.82 Å². The molecule has 2 rings (SSSR count). The molecule has 0 atom stereocenters. The van der Waals surface area contributed by atoms with E-state index in [1.807, 2.05) is 0 Å². The minimum absolute atomic E-state index is 0.142. The number of hydrogen-bond donors (Lipinski definition) is 0. The molecule has 0 radical (unpaired) electrons. The van der Waals surface area contributed by atoms with E-state index in [1.165, 1.54) is 18.9 Å². The van der Waals surface area contributed by atoms with Crippen molar-refractivity contribution < 1.29 is 19.1 Å². The lowest BCUT2D eigenvalue weighted by Crippen LogP contribution is -2.27. The van der Waals surface area contributed by atoms with Crippen LogP contribution < -0.4 is 0 Å². The Labute approximate surface area is 131 Å². The van der Waals surface area contributed by atoms with Gasteiger partial charge >= 0.3 is 11.9 Å². The standard InChI is InChI=1S/C14H14ClN3O4/c1-18-12(10(13(19)21-2)14(20)22-3)16-11(17-18)8-4-6-9(15)7-5-8/h4-7,10H,1-3H3. The molecular weight excluding hydrogens is 310 g/mol. The van der Waals surface area contributed by atoms with E-state index in [1.54, 1.807) is 31.3 Å². The third-order valence-corrected chi connectivity index (χ3v) is 3.28. The van der Waals surface area contributed by atoms with Crippen molar-refractivity contribution in [2.45, 2.75) is 5.92 Å². The molecule has 0 N–H and O–H groups in total. The zero-order valence-corrected chi connectivity index (χ0v) is 13.0. The van der Waals surface area contributed by atoms with Crippen molar-refractivity contribution in [1.82, 2.24) is 14.8 Å². The van der Waals surface area contributed by atoms with E-state index in [4.69, 9.17) is 11.6 Å². The average Bonchev–Trinajstić information content (AvgIpc) is 2.89. The fraction of sp³-hybridized carbons (Fsp3) is 0.286. The van der Waals surface area contributed by atoms with Crippen LogP contribution in [0.1, 0.15) is 11.7 Å². The summed E-state index contributed by atoms with van der Waals surface area (Å²) in [5, 5.41) is 4.80. The van der Waals surface area contributed by atoms with Crippen LogP contribution in [0.4, 0.5) is 0 Å². The molecule has 0 fully saturated rings. The maximum Gasteiger partial charge on any atom is 0.327 e. The summed E-state index contributed by atoms with van der Waals surface area (Å²) in [6.45, 7) is 0. The van der Waals surface area contributed by atoms with Gasteiger partial charge in [-0.3, -0.25) is 14.3 Å². The molecule has 7 nitrogen and oxygen atoms in total. The fourth-order valence-electron chi connectivity index (χ4n) is 1.91. The number of rotatable bonds is 4. The van der Waals surface area contributed by atoms with Gasteiger partial charge in [-0.15, -0.1) is 0 Å². The van der Waals surface area contributed by atoms with Gasteiger partial charge < -0.3 is 9.47 Å². The zero-order chi connectivity index (χ0) is 16.3. The Bertz CT molecular complexity index is 681. The third-order valence-electron chi connectivity index (χ3n) is 3.03. The number of carbonyl (C=O) groups excluding carboxylic acids is 2. The Morgan fingerprint density at radius 1 is 1.14 bits per heavy atom. The van der Waals surface area contributed by atoms with E-state index in [9.17, 15) is 9.59 Å². The normalized spacial score (nSPS) is 10.6. The summed E-state index contributed by atoms with van der Waals surface area (Å²) in [6, 6.07) is 6.88. The summed E-state index contributed by atoms with van der Waals surface area (Å²) in [5.41, 5.74) is 0.708. The van der Waals surface area contributed by atoms with E-state index < -0.39 is 17.9 Å². The molecule has 0 saturated carbocycles. The first-order valence-electron chi connectivity index (χ1n) is 6.30. The predicted molar refractivity (Wildman–Crippen MR) is 78.2 cm³/mol. The van der Waals surface area contributed by atoms with Gasteiger partial charge in [-0.1, -0.05) is 11.6 Å². The highest BCUT2D eigenvalue weighted by atomic mass is 35.5. The molecule has 0 saturated heterocycles. The summed E-state index contributed by atoms with van der Waals surface area (Å²) in [4.78, 5) is 27.9. The highest BCUT2D eigenvalue weighted by Crippen LogP contribution is 2.22. The summed E-state index contributed by atoms with van der Waals surface area (Å²) in [6.07, 6.45) is 0. The Morgan fingerprint density at radius 3 is 2.18 bits per heavy atom. The topological polar surface area (TPSA) is 83.3 Å². The van der Waals surface area contributed by atoms with E-state index in [0.717, 1.165) is 0 Å². The lowest BCUT2D eigenvalue weighted by Gasteiger charge is -2.10. The minimum Gasteiger partial charge on any atom is -0.468 e. The van der Waals surface area contributed by atoms with Crippen molar-refractivity contribution in [2.75, 3.05) is 14.2 Å². The minimum atomic E-state index is -1.28. The number of methoxy groups -OCH3 is 2. The van der Waals surface area contributed by atoms with E-state index in [2.05, 4.69) is 19.6 Å². The second-order valence-electron chi connectivity index (χ2n) is 4.40. The molecule has 1 heterocycles. The molecule has 116 valence electrons. The third kappa shape index (κ3) is 3.09. The zero-order valence-electron chi connectivity index (χ0n) is 12.2. The number of aromatic nitrogens is 3. The van der Waals surface area contributed by atoms with Gasteiger partial charge in [0.1, 0.15) is 0 Å². The van der Waals surface area contributed by atoms with Crippen LogP contribution in [0.3, 0.4) is 0 Å². The van der Waals surface area contributed by atoms with Gasteiger partial charge in [0.2, 0.25) is 5.92 Å². The summed E-state index contributed by atoms with van der Waals surface area (Å²) in [7, 11) is 3.96. The molecule has 8 heteroatoms. The van der Waals surface area contributed by atoms with Crippen LogP contribution >= 0.6 is 11.6 Å². The number of benzene rings is 1. The van der Waals surface area contributed by atoms with E-state index in [0.29, 0.717) is 16.4 Å². The van der Waals surface area contributed by atoms with Crippen LogP contribution in [0, 0.1) is 0 Å². The summed E-state index contributed by atoms with van der Waals surface area (Å²) < 4.78 is 10.6. The van der Waals surface area contributed by atoms with Gasteiger partial charge in [0.15, 0.2) is 11.6 Å². The van der Waals surface area contributed by atoms with Crippen LogP contribution in [0.25, 0.3) is 11.4 Å². The molecule has 0 aliphatic rings. The van der Waals surface area contributed by atoms with Crippen molar-refractivity contribution >= 4 is 23.5 Å². The molecule has 2 aromatic rings. The molecule has 0 bridgehead atoms. The lowest BCUT2D eigenvalue weighted by atomic mass is 10.1. The molecular formula is C14H14ClN3O4. The van der Waals surface area contributed by atoms with Gasteiger partial charge in [-0.25, -0.2) is 4.98 Å². The SMILES string of the molecule is COC(=O)C(C(=O)OC)c1nc(-c2ccc(Cl)cc2)nn1C. The number of carbonyl (C=O) groups is 2. The number of nitrogens with zero attached hydrogens (tertiary/aromatic N) is 3. The number of hydrogen-bond acceptors (Lipinski definition) is 6. The first kappa shape index (κ1) is 16.0. The molecule has 0 aliphatic heterocycles. The van der Waals surface area contributed by atoms with Crippen LogP contribution in [0.15, 0.2) is 24.3 Å². The molecule has 0 aliphatic carbocycles. The van der Waals surface area contributed by atoms with Crippen LogP contribution in [0.2, 0.25) is 5.02 Å². The molecule has 1 aromatic carbocycles. The lowest BCUT2D eigenvalue weighted by molar-refractivity contribution is -0.154. The van der Waals surface area contributed by atoms with Gasteiger partial charge in [0.25, 0.3) is 0 Å². The fourth-order valence-corrected chi connectivity index (χ4v) is 2.04. The van der Waals surface area contributed by atoms with Crippen LogP contribution in [-0.4, -0.2) is 40.9 Å². The van der Waals surface area contributed by atoms with Crippen molar-refractivity contribution in [2.24, 2.45) is 7.05 Å². The maximum absolute atomic E-state index is 11.8. The quantitative estimate of drug-likeness (QED) is 0.627. The predicted octanol–water partition coefficient (Wildman–Crippen LogP) is 1.57. The maximum atomic E-state index is 11.8. The Morgan fingerprint density at radius 2 is 1.68 bits per heavy atom. The highest BCUT2D eigenvalue weighted by Gasteiger charge is 2.35. The van der Waals surface area contributed by atoms with Gasteiger partial charge in [-0.2, -0.15) is 5.10 Å². The van der Waals surface area contributed by atoms with Crippen LogP contribution in [0.5, 0.6) is 0 Å². The largest absolute Gasteiger partial charge is 0.468 e. The summed E-state index contributed by atoms with van der Waals surface area (Å²) >= 11 is 5.84.